The molecule has 2 N–H and O–H groups in total. The van der Waals surface area contributed by atoms with E-state index in [-0.39, 0.29) is 11.6 Å². The number of hydrogen-bond donors (Lipinski definition) is 2. The molecule has 2 aliphatic rings. The van der Waals surface area contributed by atoms with Gasteiger partial charge in [0.15, 0.2) is 11.0 Å². The highest BCUT2D eigenvalue weighted by Crippen LogP contribution is 2.32. The summed E-state index contributed by atoms with van der Waals surface area (Å²) in [6, 6.07) is 3.57. The lowest BCUT2D eigenvalue weighted by molar-refractivity contribution is -0.494. The minimum absolute atomic E-state index is 0.217. The van der Waals surface area contributed by atoms with Crippen LogP contribution >= 0.6 is 11.6 Å². The minimum Gasteiger partial charge on any atom is -0.511 e. The summed E-state index contributed by atoms with van der Waals surface area (Å²) >= 11 is 6.53. The SMILES string of the molecule is O=C(O)C1C(O)=CC=[n+]2c1nc1c(CN3CCOCC3)cnc3ccc(Cl)c2c31. The fourth-order valence-corrected chi connectivity index (χ4v) is 4.25. The Morgan fingerprint density at radius 2 is 2.14 bits per heavy atom. The summed E-state index contributed by atoms with van der Waals surface area (Å²) in [4.78, 5) is 23.4. The number of aliphatic carboxylic acids is 1. The van der Waals surface area contributed by atoms with Gasteiger partial charge in [0.1, 0.15) is 11.1 Å². The summed E-state index contributed by atoms with van der Waals surface area (Å²) in [6.07, 6.45) is 4.73. The third kappa shape index (κ3) is 2.91. The van der Waals surface area contributed by atoms with Crippen LogP contribution < -0.4 is 4.24 Å². The second-order valence-electron chi connectivity index (χ2n) is 7.16. The van der Waals surface area contributed by atoms with Crippen molar-refractivity contribution in [3.8, 4) is 0 Å². The number of carbonyl (C=O) groups is 1. The number of halogens is 1. The van der Waals surface area contributed by atoms with Gasteiger partial charge >= 0.3 is 11.8 Å². The third-order valence-corrected chi connectivity index (χ3v) is 5.72. The summed E-state index contributed by atoms with van der Waals surface area (Å²) in [6.45, 7) is 3.57. The molecular weight excluding hydrogens is 396 g/mol. The van der Waals surface area contributed by atoms with E-state index in [1.54, 1.807) is 22.7 Å². The van der Waals surface area contributed by atoms with Crippen molar-refractivity contribution in [1.82, 2.24) is 14.9 Å². The topological polar surface area (TPSA) is 102 Å². The number of allylic oxidation sites excluding steroid dienone is 1. The van der Waals surface area contributed by atoms with Gasteiger partial charge in [-0.05, 0) is 17.1 Å². The fraction of sp³-hybridized carbons (Fsp3) is 0.300. The van der Waals surface area contributed by atoms with E-state index in [0.717, 1.165) is 29.6 Å². The number of morpholine rings is 1. The first-order chi connectivity index (χ1) is 14.0. The molecule has 0 aliphatic carbocycles. The van der Waals surface area contributed by atoms with Gasteiger partial charge in [0.05, 0.1) is 30.0 Å². The molecule has 5 rings (SSSR count). The number of aliphatic hydroxyl groups excluding tert-OH is 1. The first kappa shape index (κ1) is 18.2. The molecule has 148 valence electrons. The van der Waals surface area contributed by atoms with Crippen LogP contribution in [-0.2, 0) is 16.1 Å². The van der Waals surface area contributed by atoms with Crippen molar-refractivity contribution in [1.29, 1.82) is 0 Å². The van der Waals surface area contributed by atoms with Gasteiger partial charge in [-0.1, -0.05) is 11.6 Å². The van der Waals surface area contributed by atoms with Crippen molar-refractivity contribution < 1.29 is 24.0 Å². The van der Waals surface area contributed by atoms with Gasteiger partial charge in [-0.3, -0.25) is 14.7 Å². The average molecular weight is 414 g/mol. The van der Waals surface area contributed by atoms with Crippen molar-refractivity contribution in [3.63, 3.8) is 0 Å². The molecule has 1 saturated heterocycles. The summed E-state index contributed by atoms with van der Waals surface area (Å²) in [5.41, 5.74) is 2.90. The Morgan fingerprint density at radius 3 is 2.90 bits per heavy atom. The van der Waals surface area contributed by atoms with E-state index in [1.807, 2.05) is 6.07 Å². The van der Waals surface area contributed by atoms with Crippen LogP contribution in [0.4, 0.5) is 0 Å². The van der Waals surface area contributed by atoms with Gasteiger partial charge < -0.3 is 14.9 Å². The molecule has 0 radical (unpaired) electrons. The largest absolute Gasteiger partial charge is 0.511 e. The van der Waals surface area contributed by atoms with E-state index in [0.29, 0.717) is 35.8 Å². The highest BCUT2D eigenvalue weighted by molar-refractivity contribution is 6.36. The first-order valence-electron chi connectivity index (χ1n) is 9.29. The second kappa shape index (κ2) is 6.91. The predicted molar refractivity (Wildman–Crippen MR) is 105 cm³/mol. The summed E-state index contributed by atoms with van der Waals surface area (Å²) in [5.74, 6) is -2.48. The van der Waals surface area contributed by atoms with Crippen LogP contribution in [0.3, 0.4) is 0 Å². The number of carboxylic acid groups (broad SMARTS) is 1. The molecule has 2 aromatic heterocycles. The second-order valence-corrected chi connectivity index (χ2v) is 7.57. The number of benzene rings is 1. The zero-order valence-electron chi connectivity index (χ0n) is 15.4. The Bertz CT molecular complexity index is 1240. The van der Waals surface area contributed by atoms with Crippen molar-refractivity contribution in [2.45, 2.75) is 12.5 Å². The maximum Gasteiger partial charge on any atom is 0.326 e. The van der Waals surface area contributed by atoms with E-state index in [1.165, 1.54) is 6.08 Å². The molecule has 8 nitrogen and oxygen atoms in total. The monoisotopic (exact) mass is 413 g/mol. The van der Waals surface area contributed by atoms with Crippen LogP contribution in [0.25, 0.3) is 21.9 Å². The molecule has 1 fully saturated rings. The minimum atomic E-state index is -1.26. The number of ether oxygens (including phenoxy) is 1. The van der Waals surface area contributed by atoms with Crippen molar-refractivity contribution in [2.24, 2.45) is 0 Å². The van der Waals surface area contributed by atoms with Gasteiger partial charge in [-0.15, -0.1) is 0 Å². The van der Waals surface area contributed by atoms with Crippen LogP contribution in [0.5, 0.6) is 0 Å². The van der Waals surface area contributed by atoms with Gasteiger partial charge in [-0.25, -0.2) is 0 Å². The van der Waals surface area contributed by atoms with E-state index in [4.69, 9.17) is 21.3 Å². The Kier molecular flexibility index (Phi) is 4.34. The Balaban J connectivity index is 1.82. The summed E-state index contributed by atoms with van der Waals surface area (Å²) in [7, 11) is 0. The average Bonchev–Trinajstić information content (AvgIpc) is 2.71. The van der Waals surface area contributed by atoms with Crippen LogP contribution in [0.15, 0.2) is 30.2 Å². The van der Waals surface area contributed by atoms with Crippen molar-refractivity contribution in [2.75, 3.05) is 26.3 Å². The number of carboxylic acids is 1. The molecule has 1 unspecified atom stereocenters. The highest BCUT2D eigenvalue weighted by Gasteiger charge is 2.38. The van der Waals surface area contributed by atoms with Crippen LogP contribution in [0.2, 0.25) is 5.02 Å². The normalized spacial score (nSPS) is 19.8. The fourth-order valence-electron chi connectivity index (χ4n) is 4.00. The number of rotatable bonds is 3. The molecule has 4 heterocycles. The smallest absolute Gasteiger partial charge is 0.326 e. The van der Waals surface area contributed by atoms with Crippen molar-refractivity contribution in [3.05, 3.63) is 52.8 Å². The standard InChI is InChI=1S/C20H17ClN4O4/c21-12-1-2-13-15-17(11(9-22-13)10-24-5-7-29-8-6-24)23-19-16(20(27)28)14(26)3-4-25(19)18(12)15/h1-4,9,16H,5-8,10H2,(H,27,28)/p+1. The molecule has 2 aliphatic heterocycles. The van der Waals surface area contributed by atoms with E-state index < -0.39 is 11.9 Å². The molecule has 1 atom stereocenters. The third-order valence-electron chi connectivity index (χ3n) is 5.41. The molecule has 0 amide bonds. The lowest BCUT2D eigenvalue weighted by atomic mass is 10.0. The molecular formula is C20H18ClN4O4+. The van der Waals surface area contributed by atoms with Gasteiger partial charge in [-0.2, -0.15) is 4.24 Å². The number of aromatic nitrogens is 3. The lowest BCUT2D eigenvalue weighted by Gasteiger charge is -2.26. The Labute approximate surface area is 170 Å². The molecule has 0 bridgehead atoms. The number of pyridine rings is 1. The number of fused-ring (bicyclic) bond motifs is 2. The molecule has 29 heavy (non-hydrogen) atoms. The molecule has 0 spiro atoms. The molecule has 1 aromatic carbocycles. The van der Waals surface area contributed by atoms with E-state index >= 15 is 0 Å². The van der Waals surface area contributed by atoms with Gasteiger partial charge in [0.2, 0.25) is 5.92 Å². The van der Waals surface area contributed by atoms with E-state index in [9.17, 15) is 15.0 Å². The maximum atomic E-state index is 11.9. The maximum absolute atomic E-state index is 11.9. The van der Waals surface area contributed by atoms with Crippen LogP contribution in [0, 0.1) is 6.21 Å². The molecule has 9 heteroatoms. The van der Waals surface area contributed by atoms with Crippen molar-refractivity contribution >= 4 is 39.5 Å². The molecule has 3 aromatic rings. The van der Waals surface area contributed by atoms with E-state index in [2.05, 4.69) is 9.88 Å². The Hall–Kier alpha value is -2.81. The quantitative estimate of drug-likeness (QED) is 0.632. The zero-order valence-corrected chi connectivity index (χ0v) is 16.1. The first-order valence-corrected chi connectivity index (χ1v) is 9.67. The lowest BCUT2D eigenvalue weighted by Crippen LogP contribution is -2.37. The molecule has 0 saturated carbocycles. The summed E-state index contributed by atoms with van der Waals surface area (Å²) < 4.78 is 7.06. The van der Waals surface area contributed by atoms with Crippen LogP contribution in [-0.4, -0.2) is 57.4 Å². The number of hydrogen-bond acceptors (Lipinski definition) is 6. The zero-order chi connectivity index (χ0) is 20.1. The summed E-state index contributed by atoms with van der Waals surface area (Å²) in [5, 5.41) is 21.1. The highest BCUT2D eigenvalue weighted by atomic mass is 35.5. The number of nitrogens with zero attached hydrogens (tertiary/aromatic N) is 4. The van der Waals surface area contributed by atoms with Gasteiger partial charge in [0, 0.05) is 37.5 Å². The predicted octanol–water partition coefficient (Wildman–Crippen LogP) is 1.91. The van der Waals surface area contributed by atoms with Gasteiger partial charge in [0.25, 0.3) is 0 Å². The Morgan fingerprint density at radius 1 is 1.34 bits per heavy atom. The van der Waals surface area contributed by atoms with Crippen LogP contribution in [0.1, 0.15) is 17.3 Å². The number of aliphatic hydroxyl groups is 1.